The Morgan fingerprint density at radius 3 is 1.21 bits per heavy atom. The van der Waals surface area contributed by atoms with Crippen molar-refractivity contribution in [1.82, 2.24) is 0 Å². The van der Waals surface area contributed by atoms with Crippen LogP contribution in [0.3, 0.4) is 0 Å². The van der Waals surface area contributed by atoms with Crippen LogP contribution in [0.15, 0.2) is 282 Å². The van der Waals surface area contributed by atoms with E-state index in [0.717, 1.165) is 134 Å². The SMILES string of the molecule is c1ccc(-c2ccccc2N2c3ccc(-c4cccc5c4oc4ccccc45)cc3B3c4cc(-c5cccc6c5oc5ccccc56)ccc4N(c4c(-c5ccccc5)cccc4-c4ccccc4)c4cccc2c43)cc1. The molecule has 358 valence electrons. The molecular weight excluding hydrogens is 936 g/mol. The van der Waals surface area contributed by atoms with E-state index in [1.807, 2.05) is 6.07 Å². The van der Waals surface area contributed by atoms with Crippen molar-refractivity contribution in [2.24, 2.45) is 0 Å². The van der Waals surface area contributed by atoms with Gasteiger partial charge in [0.15, 0.2) is 0 Å². The maximum Gasteiger partial charge on any atom is 0.252 e. The summed E-state index contributed by atoms with van der Waals surface area (Å²) in [4.78, 5) is 5.11. The predicted molar refractivity (Wildman–Crippen MR) is 322 cm³/mol. The summed E-state index contributed by atoms with van der Waals surface area (Å²) in [5, 5.41) is 4.44. The van der Waals surface area contributed by atoms with E-state index in [9.17, 15) is 0 Å². The van der Waals surface area contributed by atoms with Crippen LogP contribution >= 0.6 is 0 Å². The molecular formula is C72H45BN2O2. The normalized spacial score (nSPS) is 12.6. The van der Waals surface area contributed by atoms with Gasteiger partial charge in [0.25, 0.3) is 6.71 Å². The third-order valence-corrected chi connectivity index (χ3v) is 16.1. The maximum atomic E-state index is 6.80. The van der Waals surface area contributed by atoms with E-state index in [1.54, 1.807) is 0 Å². The standard InChI is InChI=1S/C72H45BN2O2/c1-4-20-46(21-5-1)51-26-10-13-35-62(51)74-63-42-40-49(54-31-17-33-58-56-27-11-14-38-67(56)76-71(54)58)44-60(63)73-61-45-50(55-32-18-34-59-57-28-12-15-39-68(57)77-72(55)59)41-43-64(61)75(66-37-19-36-65(74)69(66)73)70-52(47-22-6-2-7-23-47)29-16-30-53(70)48-24-8-3-9-25-48/h1-45H. The minimum atomic E-state index is -0.198. The number of para-hydroxylation sites is 6. The van der Waals surface area contributed by atoms with Crippen LogP contribution in [0.1, 0.15) is 0 Å². The van der Waals surface area contributed by atoms with Gasteiger partial charge in [0.05, 0.1) is 11.4 Å². The molecule has 0 aliphatic carbocycles. The molecule has 5 heteroatoms. The highest BCUT2D eigenvalue weighted by molar-refractivity contribution is 7.00. The predicted octanol–water partition coefficient (Wildman–Crippen LogP) is 17.9. The molecule has 2 aromatic heterocycles. The number of hydrogen-bond donors (Lipinski definition) is 0. The zero-order valence-electron chi connectivity index (χ0n) is 41.8. The maximum absolute atomic E-state index is 6.80. The number of nitrogens with zero attached hydrogens (tertiary/aromatic N) is 2. The number of furan rings is 2. The quantitative estimate of drug-likeness (QED) is 0.149. The number of rotatable bonds is 7. The van der Waals surface area contributed by atoms with Gasteiger partial charge in [-0.25, -0.2) is 0 Å². The minimum absolute atomic E-state index is 0.198. The van der Waals surface area contributed by atoms with Crippen molar-refractivity contribution in [3.8, 4) is 55.6 Å². The lowest BCUT2D eigenvalue weighted by atomic mass is 9.33. The lowest BCUT2D eigenvalue weighted by molar-refractivity contribution is 0.669. The van der Waals surface area contributed by atoms with Crippen molar-refractivity contribution in [2.45, 2.75) is 0 Å². The van der Waals surface area contributed by atoms with Gasteiger partial charge in [0.2, 0.25) is 0 Å². The zero-order valence-corrected chi connectivity index (χ0v) is 41.8. The van der Waals surface area contributed by atoms with E-state index >= 15 is 0 Å². The third kappa shape index (κ3) is 6.67. The van der Waals surface area contributed by atoms with Crippen molar-refractivity contribution in [3.63, 3.8) is 0 Å². The van der Waals surface area contributed by atoms with Crippen molar-refractivity contribution in [1.29, 1.82) is 0 Å². The molecule has 2 aliphatic heterocycles. The summed E-state index contributed by atoms with van der Waals surface area (Å²) >= 11 is 0. The zero-order chi connectivity index (χ0) is 50.6. The van der Waals surface area contributed by atoms with Gasteiger partial charge in [-0.1, -0.05) is 231 Å². The van der Waals surface area contributed by atoms with Gasteiger partial charge >= 0.3 is 0 Å². The number of anilines is 6. The van der Waals surface area contributed by atoms with Crippen LogP contribution < -0.4 is 26.2 Å². The fraction of sp³-hybridized carbons (Fsp3) is 0. The van der Waals surface area contributed by atoms with Crippen molar-refractivity contribution in [2.75, 3.05) is 9.80 Å². The molecule has 4 heterocycles. The average molecular weight is 981 g/mol. The molecule has 16 rings (SSSR count). The van der Waals surface area contributed by atoms with Gasteiger partial charge in [-0.15, -0.1) is 0 Å². The van der Waals surface area contributed by atoms with Crippen LogP contribution in [0.5, 0.6) is 0 Å². The molecule has 14 aromatic rings. The number of benzene rings is 12. The lowest BCUT2D eigenvalue weighted by Crippen LogP contribution is -2.61. The van der Waals surface area contributed by atoms with E-state index in [0.29, 0.717) is 0 Å². The Kier molecular flexibility index (Phi) is 9.70. The number of hydrogen-bond acceptors (Lipinski definition) is 4. The summed E-state index contributed by atoms with van der Waals surface area (Å²) in [6.07, 6.45) is 0. The molecule has 0 atom stereocenters. The Balaban J connectivity index is 1.03. The molecule has 0 fully saturated rings. The van der Waals surface area contributed by atoms with Crippen molar-refractivity contribution < 1.29 is 8.83 Å². The van der Waals surface area contributed by atoms with Gasteiger partial charge in [-0.2, -0.15) is 0 Å². The highest BCUT2D eigenvalue weighted by Gasteiger charge is 2.45. The fourth-order valence-electron chi connectivity index (χ4n) is 12.7. The van der Waals surface area contributed by atoms with Crippen LogP contribution in [-0.4, -0.2) is 6.71 Å². The molecule has 0 spiro atoms. The molecule has 4 nitrogen and oxygen atoms in total. The third-order valence-electron chi connectivity index (χ3n) is 16.1. The minimum Gasteiger partial charge on any atom is -0.455 e. The van der Waals surface area contributed by atoms with Gasteiger partial charge in [0.1, 0.15) is 22.3 Å². The Hall–Kier alpha value is -10.1. The highest BCUT2D eigenvalue weighted by atomic mass is 16.3. The Morgan fingerprint density at radius 1 is 0.260 bits per heavy atom. The Morgan fingerprint density at radius 2 is 0.649 bits per heavy atom. The van der Waals surface area contributed by atoms with E-state index in [2.05, 4.69) is 277 Å². The van der Waals surface area contributed by atoms with Crippen molar-refractivity contribution in [3.05, 3.63) is 273 Å². The smallest absolute Gasteiger partial charge is 0.252 e. The molecule has 0 unspecified atom stereocenters. The van der Waals surface area contributed by atoms with Gasteiger partial charge in [0, 0.05) is 72.1 Å². The van der Waals surface area contributed by atoms with Crippen LogP contribution in [0.2, 0.25) is 0 Å². The topological polar surface area (TPSA) is 32.8 Å². The molecule has 0 amide bonds. The average Bonchev–Trinajstić information content (AvgIpc) is 4.13. The van der Waals surface area contributed by atoms with E-state index in [1.165, 1.54) is 16.4 Å². The first kappa shape index (κ1) is 43.3. The molecule has 0 saturated heterocycles. The molecule has 12 aromatic carbocycles. The van der Waals surface area contributed by atoms with Crippen molar-refractivity contribution >= 4 is 101 Å². The van der Waals surface area contributed by atoms with Crippen LogP contribution in [0.25, 0.3) is 99.5 Å². The molecule has 0 bridgehead atoms. The van der Waals surface area contributed by atoms with E-state index in [-0.39, 0.29) is 6.71 Å². The molecule has 77 heavy (non-hydrogen) atoms. The summed E-state index contributed by atoms with van der Waals surface area (Å²) in [6, 6.07) is 99.3. The van der Waals surface area contributed by atoms with Crippen LogP contribution in [0.4, 0.5) is 34.1 Å². The first-order valence-electron chi connectivity index (χ1n) is 26.4. The summed E-state index contributed by atoms with van der Waals surface area (Å²) in [5.74, 6) is 0. The summed E-state index contributed by atoms with van der Waals surface area (Å²) in [6.45, 7) is -0.198. The summed E-state index contributed by atoms with van der Waals surface area (Å²) in [7, 11) is 0. The molecule has 0 N–H and O–H groups in total. The lowest BCUT2D eigenvalue weighted by Gasteiger charge is -2.45. The van der Waals surface area contributed by atoms with Gasteiger partial charge in [-0.3, -0.25) is 0 Å². The monoisotopic (exact) mass is 980 g/mol. The Labute approximate surface area is 446 Å². The van der Waals surface area contributed by atoms with E-state index < -0.39 is 0 Å². The highest BCUT2D eigenvalue weighted by Crippen LogP contribution is 2.51. The number of fused-ring (bicyclic) bond motifs is 10. The Bertz CT molecular complexity index is 4600. The largest absolute Gasteiger partial charge is 0.455 e. The summed E-state index contributed by atoms with van der Waals surface area (Å²) < 4.78 is 13.6. The van der Waals surface area contributed by atoms with Crippen LogP contribution in [-0.2, 0) is 0 Å². The first-order chi connectivity index (χ1) is 38.2. The van der Waals surface area contributed by atoms with Crippen LogP contribution in [0, 0.1) is 0 Å². The second kappa shape index (κ2) is 17.2. The molecule has 0 saturated carbocycles. The summed E-state index contributed by atoms with van der Waals surface area (Å²) in [5.41, 5.74) is 25.1. The van der Waals surface area contributed by atoms with Gasteiger partial charge < -0.3 is 18.6 Å². The first-order valence-corrected chi connectivity index (χ1v) is 26.4. The molecule has 2 aliphatic rings. The second-order valence-electron chi connectivity index (χ2n) is 20.2. The van der Waals surface area contributed by atoms with E-state index in [4.69, 9.17) is 8.83 Å². The fourth-order valence-corrected chi connectivity index (χ4v) is 12.7. The molecule has 0 radical (unpaired) electrons. The van der Waals surface area contributed by atoms with Gasteiger partial charge in [-0.05, 0) is 86.7 Å². The second-order valence-corrected chi connectivity index (χ2v) is 20.2.